The molecule has 0 radical (unpaired) electrons. The van der Waals surface area contributed by atoms with E-state index in [4.69, 9.17) is 4.74 Å². The largest absolute Gasteiger partial charge is 0.465 e. The quantitative estimate of drug-likeness (QED) is 0.349. The molecular weight excluding hydrogens is 338 g/mol. The van der Waals surface area contributed by atoms with Crippen LogP contribution < -0.4 is 5.32 Å². The lowest BCUT2D eigenvalue weighted by atomic mass is 10.3. The van der Waals surface area contributed by atoms with Gasteiger partial charge < -0.3 is 4.74 Å². The second-order valence-corrected chi connectivity index (χ2v) is 6.44. The van der Waals surface area contributed by atoms with Crippen molar-refractivity contribution < 1.29 is 14.3 Å². The fraction of sp³-hybridized carbons (Fsp3) is 0.308. The minimum Gasteiger partial charge on any atom is -0.465 e. The number of nitrogens with zero attached hydrogens (tertiary/aromatic N) is 4. The standard InChI is InChI=1S/C13H15N5O3S2/c1-3-21-11(20)8-22-13-17-16-12(23-13)15-10(19)5-4-9-6-14-18(2)7-9/h4-7H,3,8H2,1-2H3,(H,15,16,19)/b5-4-. The van der Waals surface area contributed by atoms with Gasteiger partial charge in [-0.3, -0.25) is 19.6 Å². The summed E-state index contributed by atoms with van der Waals surface area (Å²) in [7, 11) is 1.80. The normalized spacial score (nSPS) is 10.9. The second-order valence-electron chi connectivity index (χ2n) is 4.24. The molecular formula is C13H15N5O3S2. The van der Waals surface area contributed by atoms with Crippen LogP contribution in [0.5, 0.6) is 0 Å². The molecule has 0 saturated heterocycles. The molecule has 0 bridgehead atoms. The number of carbonyl (C=O) groups excluding carboxylic acids is 2. The van der Waals surface area contributed by atoms with Crippen LogP contribution in [-0.2, 0) is 21.4 Å². The van der Waals surface area contributed by atoms with Crippen LogP contribution in [0.15, 0.2) is 22.8 Å². The number of hydrogen-bond acceptors (Lipinski definition) is 8. The number of rotatable bonds is 7. The summed E-state index contributed by atoms with van der Waals surface area (Å²) in [6, 6.07) is 0. The number of thioether (sulfide) groups is 1. The number of esters is 1. The first kappa shape index (κ1) is 17.2. The van der Waals surface area contributed by atoms with Crippen molar-refractivity contribution in [1.82, 2.24) is 20.0 Å². The molecule has 10 heteroatoms. The van der Waals surface area contributed by atoms with Crippen LogP contribution in [0.1, 0.15) is 12.5 Å². The third-order valence-electron chi connectivity index (χ3n) is 2.41. The van der Waals surface area contributed by atoms with Crippen LogP contribution in [-0.4, -0.2) is 44.2 Å². The summed E-state index contributed by atoms with van der Waals surface area (Å²) >= 11 is 2.42. The highest BCUT2D eigenvalue weighted by Gasteiger charge is 2.09. The number of anilines is 1. The van der Waals surface area contributed by atoms with Gasteiger partial charge in [-0.1, -0.05) is 23.1 Å². The van der Waals surface area contributed by atoms with E-state index in [0.29, 0.717) is 16.1 Å². The molecule has 122 valence electrons. The molecule has 0 aliphatic heterocycles. The molecule has 0 aliphatic rings. The van der Waals surface area contributed by atoms with Crippen molar-refractivity contribution in [2.75, 3.05) is 17.7 Å². The molecule has 0 aromatic carbocycles. The van der Waals surface area contributed by atoms with Gasteiger partial charge in [0.1, 0.15) is 0 Å². The van der Waals surface area contributed by atoms with Gasteiger partial charge in [0.2, 0.25) is 11.0 Å². The van der Waals surface area contributed by atoms with Gasteiger partial charge in [-0.2, -0.15) is 5.10 Å². The Morgan fingerprint density at radius 3 is 3.00 bits per heavy atom. The van der Waals surface area contributed by atoms with Crippen molar-refractivity contribution >= 4 is 46.2 Å². The van der Waals surface area contributed by atoms with Crippen molar-refractivity contribution in [2.45, 2.75) is 11.3 Å². The summed E-state index contributed by atoms with van der Waals surface area (Å²) in [6.45, 7) is 2.10. The van der Waals surface area contributed by atoms with Crippen molar-refractivity contribution in [3.8, 4) is 0 Å². The van der Waals surface area contributed by atoms with E-state index >= 15 is 0 Å². The van der Waals surface area contributed by atoms with Crippen LogP contribution in [0.4, 0.5) is 5.13 Å². The molecule has 2 rings (SSSR count). The van der Waals surface area contributed by atoms with E-state index < -0.39 is 0 Å². The Hall–Kier alpha value is -2.20. The summed E-state index contributed by atoms with van der Waals surface area (Å²) in [6.07, 6.45) is 6.49. The first-order chi connectivity index (χ1) is 11.1. The average Bonchev–Trinajstić information content (AvgIpc) is 3.12. The SMILES string of the molecule is CCOC(=O)CSc1nnc(NC(=O)/C=C\c2cnn(C)c2)s1. The second kappa shape index (κ2) is 8.44. The predicted octanol–water partition coefficient (Wildman–Crippen LogP) is 1.58. The number of aromatic nitrogens is 4. The molecule has 0 aliphatic carbocycles. The minimum atomic E-state index is -0.313. The zero-order chi connectivity index (χ0) is 16.7. The fourth-order valence-corrected chi connectivity index (χ4v) is 3.04. The van der Waals surface area contributed by atoms with E-state index in [0.717, 1.165) is 5.56 Å². The number of hydrogen-bond donors (Lipinski definition) is 1. The van der Waals surface area contributed by atoms with Gasteiger partial charge in [-0.15, -0.1) is 10.2 Å². The van der Waals surface area contributed by atoms with Crippen molar-refractivity contribution in [3.63, 3.8) is 0 Å². The van der Waals surface area contributed by atoms with Gasteiger partial charge in [-0.05, 0) is 13.0 Å². The molecule has 2 aromatic rings. The Balaban J connectivity index is 1.82. The van der Waals surface area contributed by atoms with Crippen LogP contribution in [0.25, 0.3) is 6.08 Å². The molecule has 0 fully saturated rings. The number of nitrogens with one attached hydrogen (secondary N) is 1. The Morgan fingerprint density at radius 1 is 1.48 bits per heavy atom. The Morgan fingerprint density at radius 2 is 2.30 bits per heavy atom. The first-order valence-electron chi connectivity index (χ1n) is 6.66. The maximum atomic E-state index is 11.8. The van der Waals surface area contributed by atoms with Gasteiger partial charge in [0, 0.05) is 24.9 Å². The Kier molecular flexibility index (Phi) is 6.29. The average molecular weight is 353 g/mol. The summed E-state index contributed by atoms with van der Waals surface area (Å²) in [5, 5.41) is 14.7. The number of ether oxygens (including phenoxy) is 1. The summed E-state index contributed by atoms with van der Waals surface area (Å²) in [4.78, 5) is 23.0. The lowest BCUT2D eigenvalue weighted by molar-refractivity contribution is -0.139. The first-order valence-corrected chi connectivity index (χ1v) is 8.46. The van der Waals surface area contributed by atoms with Crippen molar-refractivity contribution in [3.05, 3.63) is 24.0 Å². The zero-order valence-electron chi connectivity index (χ0n) is 12.6. The molecule has 0 spiro atoms. The third-order valence-corrected chi connectivity index (χ3v) is 4.35. The predicted molar refractivity (Wildman–Crippen MR) is 88.1 cm³/mol. The molecule has 1 amide bonds. The minimum absolute atomic E-state index is 0.164. The highest BCUT2D eigenvalue weighted by molar-refractivity contribution is 8.01. The molecule has 2 aromatic heterocycles. The van der Waals surface area contributed by atoms with Crippen molar-refractivity contribution in [2.24, 2.45) is 7.05 Å². The molecule has 8 nitrogen and oxygen atoms in total. The molecule has 2 heterocycles. The van der Waals surface area contributed by atoms with E-state index in [9.17, 15) is 9.59 Å². The van der Waals surface area contributed by atoms with Crippen LogP contribution >= 0.6 is 23.1 Å². The lowest BCUT2D eigenvalue weighted by Crippen LogP contribution is -2.07. The van der Waals surface area contributed by atoms with E-state index in [1.807, 2.05) is 0 Å². The summed E-state index contributed by atoms with van der Waals surface area (Å²) < 4.78 is 7.06. The maximum Gasteiger partial charge on any atom is 0.316 e. The molecule has 0 saturated carbocycles. The van der Waals surface area contributed by atoms with Gasteiger partial charge in [0.05, 0.1) is 18.6 Å². The molecule has 23 heavy (non-hydrogen) atoms. The van der Waals surface area contributed by atoms with E-state index in [1.54, 1.807) is 37.1 Å². The van der Waals surface area contributed by atoms with Gasteiger partial charge >= 0.3 is 5.97 Å². The van der Waals surface area contributed by atoms with E-state index in [-0.39, 0.29) is 17.6 Å². The zero-order valence-corrected chi connectivity index (χ0v) is 14.2. The van der Waals surface area contributed by atoms with Gasteiger partial charge in [0.15, 0.2) is 4.34 Å². The monoisotopic (exact) mass is 353 g/mol. The third kappa shape index (κ3) is 5.83. The highest BCUT2D eigenvalue weighted by Crippen LogP contribution is 2.25. The number of carbonyl (C=O) groups is 2. The lowest BCUT2D eigenvalue weighted by Gasteiger charge is -1.98. The van der Waals surface area contributed by atoms with Gasteiger partial charge in [0.25, 0.3) is 0 Å². The summed E-state index contributed by atoms with van der Waals surface area (Å²) in [5.74, 6) is -0.457. The van der Waals surface area contributed by atoms with E-state index in [1.165, 1.54) is 29.2 Å². The fourth-order valence-electron chi connectivity index (χ4n) is 1.49. The topological polar surface area (TPSA) is 99.0 Å². The van der Waals surface area contributed by atoms with Crippen LogP contribution in [0.2, 0.25) is 0 Å². The number of amides is 1. The molecule has 0 unspecified atom stereocenters. The Labute approximate surface area is 140 Å². The van der Waals surface area contributed by atoms with Gasteiger partial charge in [-0.25, -0.2) is 0 Å². The van der Waals surface area contributed by atoms with Crippen LogP contribution in [0, 0.1) is 0 Å². The number of aryl methyl sites for hydroxylation is 1. The van der Waals surface area contributed by atoms with E-state index in [2.05, 4.69) is 20.6 Å². The smallest absolute Gasteiger partial charge is 0.316 e. The molecule has 0 atom stereocenters. The maximum absolute atomic E-state index is 11.8. The summed E-state index contributed by atoms with van der Waals surface area (Å²) in [5.41, 5.74) is 0.825. The molecule has 1 N–H and O–H groups in total. The van der Waals surface area contributed by atoms with Crippen molar-refractivity contribution in [1.29, 1.82) is 0 Å². The Bertz CT molecular complexity index is 710. The highest BCUT2D eigenvalue weighted by atomic mass is 32.2. The van der Waals surface area contributed by atoms with Crippen LogP contribution in [0.3, 0.4) is 0 Å².